The summed E-state index contributed by atoms with van der Waals surface area (Å²) in [5.74, 6) is 0.549. The van der Waals surface area contributed by atoms with Gasteiger partial charge < -0.3 is 15.4 Å². The Morgan fingerprint density at radius 2 is 1.90 bits per heavy atom. The van der Waals surface area contributed by atoms with Gasteiger partial charge in [0.15, 0.2) is 0 Å². The summed E-state index contributed by atoms with van der Waals surface area (Å²) in [6.45, 7) is 8.28. The molecule has 0 aromatic heterocycles. The number of urea groups is 1. The van der Waals surface area contributed by atoms with Crippen molar-refractivity contribution in [2.24, 2.45) is 5.92 Å². The van der Waals surface area contributed by atoms with Gasteiger partial charge in [0.25, 0.3) is 0 Å². The molecule has 2 N–H and O–H groups in total. The highest BCUT2D eigenvalue weighted by molar-refractivity contribution is 9.10. The summed E-state index contributed by atoms with van der Waals surface area (Å²) in [5, 5.41) is 5.76. The molecule has 0 aliphatic carbocycles. The van der Waals surface area contributed by atoms with Crippen LogP contribution in [0.1, 0.15) is 38.8 Å². The van der Waals surface area contributed by atoms with Gasteiger partial charge in [-0.05, 0) is 37.0 Å². The van der Waals surface area contributed by atoms with Crippen molar-refractivity contribution >= 4 is 22.0 Å². The largest absolute Gasteiger partial charge is 0.381 e. The lowest BCUT2D eigenvalue weighted by Crippen LogP contribution is -2.37. The minimum absolute atomic E-state index is 0.0182. The third-order valence-electron chi connectivity index (χ3n) is 2.92. The fourth-order valence-electron chi connectivity index (χ4n) is 1.78. The molecule has 0 bridgehead atoms. The molecule has 0 aliphatic heterocycles. The van der Waals surface area contributed by atoms with Gasteiger partial charge in [0, 0.05) is 24.2 Å². The summed E-state index contributed by atoms with van der Waals surface area (Å²) < 4.78 is 6.49. The first-order chi connectivity index (χ1) is 9.99. The minimum atomic E-state index is -0.144. The van der Waals surface area contributed by atoms with E-state index in [9.17, 15) is 4.79 Å². The van der Waals surface area contributed by atoms with Gasteiger partial charge in [-0.3, -0.25) is 0 Å². The van der Waals surface area contributed by atoms with Crippen molar-refractivity contribution in [3.05, 3.63) is 34.3 Å². The van der Waals surface area contributed by atoms with Crippen molar-refractivity contribution in [1.82, 2.24) is 10.6 Å². The summed E-state index contributed by atoms with van der Waals surface area (Å²) >= 11 is 3.40. The zero-order valence-electron chi connectivity index (χ0n) is 13.0. The van der Waals surface area contributed by atoms with Gasteiger partial charge in [-0.1, -0.05) is 41.9 Å². The molecular formula is C16H25BrN2O2. The highest BCUT2D eigenvalue weighted by Gasteiger charge is 2.08. The molecule has 2 amide bonds. The van der Waals surface area contributed by atoms with Crippen LogP contribution in [-0.4, -0.2) is 25.8 Å². The number of benzene rings is 1. The molecule has 0 saturated carbocycles. The molecule has 0 aliphatic rings. The van der Waals surface area contributed by atoms with Crippen LogP contribution in [0.25, 0.3) is 0 Å². The maximum atomic E-state index is 11.8. The maximum absolute atomic E-state index is 11.8. The zero-order valence-corrected chi connectivity index (χ0v) is 14.6. The summed E-state index contributed by atoms with van der Waals surface area (Å²) in [5.41, 5.74) is 1.08. The quantitative estimate of drug-likeness (QED) is 0.694. The van der Waals surface area contributed by atoms with Crippen molar-refractivity contribution in [3.63, 3.8) is 0 Å². The van der Waals surface area contributed by atoms with Gasteiger partial charge in [-0.25, -0.2) is 4.79 Å². The fourth-order valence-corrected chi connectivity index (χ4v) is 2.04. The van der Waals surface area contributed by atoms with Crippen molar-refractivity contribution in [1.29, 1.82) is 0 Å². The van der Waals surface area contributed by atoms with E-state index in [0.717, 1.165) is 23.1 Å². The van der Waals surface area contributed by atoms with Crippen LogP contribution in [-0.2, 0) is 4.74 Å². The Labute approximate surface area is 135 Å². The van der Waals surface area contributed by atoms with Gasteiger partial charge in [0.05, 0.1) is 6.04 Å². The van der Waals surface area contributed by atoms with E-state index in [4.69, 9.17) is 4.74 Å². The van der Waals surface area contributed by atoms with Crippen LogP contribution in [0.3, 0.4) is 0 Å². The third-order valence-corrected chi connectivity index (χ3v) is 3.45. The predicted octanol–water partition coefficient (Wildman–Crippen LogP) is 3.87. The highest BCUT2D eigenvalue weighted by Crippen LogP contribution is 2.16. The first-order valence-electron chi connectivity index (χ1n) is 7.36. The molecule has 118 valence electrons. The monoisotopic (exact) mass is 356 g/mol. The van der Waals surface area contributed by atoms with Crippen LogP contribution in [0.5, 0.6) is 0 Å². The van der Waals surface area contributed by atoms with E-state index in [1.54, 1.807) is 0 Å². The van der Waals surface area contributed by atoms with Crippen LogP contribution in [0.4, 0.5) is 4.79 Å². The van der Waals surface area contributed by atoms with E-state index in [1.165, 1.54) is 0 Å². The molecule has 0 radical (unpaired) electrons. The van der Waals surface area contributed by atoms with Gasteiger partial charge >= 0.3 is 6.03 Å². The average Bonchev–Trinajstić information content (AvgIpc) is 2.43. The number of hydrogen-bond donors (Lipinski definition) is 2. The number of rotatable bonds is 8. The summed E-state index contributed by atoms with van der Waals surface area (Å²) in [4.78, 5) is 11.8. The summed E-state index contributed by atoms with van der Waals surface area (Å²) in [6, 6.07) is 7.77. The standard InChI is InChI=1S/C16H25BrN2O2/c1-12(2)11-21-10-4-9-18-16(20)19-13(3)14-5-7-15(17)8-6-14/h5-8,12-13H,4,9-11H2,1-3H3,(H2,18,19,20)/t13-/m1/s1. The SMILES string of the molecule is CC(C)COCCCNC(=O)N[C@H](C)c1ccc(Br)cc1. The number of nitrogens with one attached hydrogen (secondary N) is 2. The van der Waals surface area contributed by atoms with Crippen LogP contribution in [0.15, 0.2) is 28.7 Å². The summed E-state index contributed by atoms with van der Waals surface area (Å²) in [7, 11) is 0. The molecule has 1 atom stereocenters. The molecule has 1 rings (SSSR count). The van der Waals surface area contributed by atoms with Crippen LogP contribution < -0.4 is 10.6 Å². The predicted molar refractivity (Wildman–Crippen MR) is 89.4 cm³/mol. The third kappa shape index (κ3) is 8.07. The lowest BCUT2D eigenvalue weighted by molar-refractivity contribution is 0.108. The number of hydrogen-bond acceptors (Lipinski definition) is 2. The van der Waals surface area contributed by atoms with Crippen LogP contribution >= 0.6 is 15.9 Å². The Morgan fingerprint density at radius 3 is 2.52 bits per heavy atom. The average molecular weight is 357 g/mol. The van der Waals surface area contributed by atoms with E-state index in [1.807, 2.05) is 31.2 Å². The van der Waals surface area contributed by atoms with Crippen molar-refractivity contribution < 1.29 is 9.53 Å². The molecule has 1 aromatic rings. The van der Waals surface area contributed by atoms with Crippen LogP contribution in [0.2, 0.25) is 0 Å². The molecule has 0 heterocycles. The molecule has 4 nitrogen and oxygen atoms in total. The Balaban J connectivity index is 2.17. The lowest BCUT2D eigenvalue weighted by Gasteiger charge is -2.15. The molecule has 5 heteroatoms. The van der Waals surface area contributed by atoms with Crippen molar-refractivity contribution in [2.45, 2.75) is 33.2 Å². The number of ether oxygens (including phenoxy) is 1. The van der Waals surface area contributed by atoms with Crippen molar-refractivity contribution in [2.75, 3.05) is 19.8 Å². The highest BCUT2D eigenvalue weighted by atomic mass is 79.9. The zero-order chi connectivity index (χ0) is 15.7. The Bertz CT molecular complexity index is 421. The van der Waals surface area contributed by atoms with E-state index in [2.05, 4.69) is 40.4 Å². The first-order valence-corrected chi connectivity index (χ1v) is 8.16. The minimum Gasteiger partial charge on any atom is -0.381 e. The van der Waals surface area contributed by atoms with E-state index in [0.29, 0.717) is 19.1 Å². The van der Waals surface area contributed by atoms with E-state index < -0.39 is 0 Å². The number of carbonyl (C=O) groups is 1. The molecule has 0 fully saturated rings. The van der Waals surface area contributed by atoms with E-state index in [-0.39, 0.29) is 12.1 Å². The Morgan fingerprint density at radius 1 is 1.24 bits per heavy atom. The second-order valence-electron chi connectivity index (χ2n) is 5.50. The van der Waals surface area contributed by atoms with E-state index >= 15 is 0 Å². The normalized spacial score (nSPS) is 12.2. The Hall–Kier alpha value is -1.07. The fraction of sp³-hybridized carbons (Fsp3) is 0.562. The molecule has 0 unspecified atom stereocenters. The molecule has 0 spiro atoms. The van der Waals surface area contributed by atoms with Gasteiger partial charge in [0.2, 0.25) is 0 Å². The second-order valence-corrected chi connectivity index (χ2v) is 6.41. The molecule has 1 aromatic carbocycles. The second kappa shape index (κ2) is 9.79. The number of carbonyl (C=O) groups excluding carboxylic acids is 1. The van der Waals surface area contributed by atoms with Crippen molar-refractivity contribution in [3.8, 4) is 0 Å². The van der Waals surface area contributed by atoms with Gasteiger partial charge in [-0.2, -0.15) is 0 Å². The van der Waals surface area contributed by atoms with Gasteiger partial charge in [0.1, 0.15) is 0 Å². The summed E-state index contributed by atoms with van der Waals surface area (Å²) in [6.07, 6.45) is 0.826. The lowest BCUT2D eigenvalue weighted by atomic mass is 10.1. The molecule has 21 heavy (non-hydrogen) atoms. The maximum Gasteiger partial charge on any atom is 0.315 e. The van der Waals surface area contributed by atoms with Gasteiger partial charge in [-0.15, -0.1) is 0 Å². The molecular weight excluding hydrogens is 332 g/mol. The van der Waals surface area contributed by atoms with Crippen LogP contribution in [0, 0.1) is 5.92 Å². The number of halogens is 1. The smallest absolute Gasteiger partial charge is 0.315 e. The topological polar surface area (TPSA) is 50.4 Å². The number of amides is 2. The Kier molecular flexibility index (Phi) is 8.38. The first kappa shape index (κ1) is 18.0. The molecule has 0 saturated heterocycles.